The minimum Gasteiger partial charge on any atom is -0.462 e. The SMILES string of the molecule is CC(=O)O[C@H]1CC(C)(C)[C@]2(C#C/C(C)=C/C=C/CO)O[C@]2(C)C1. The highest BCUT2D eigenvalue weighted by molar-refractivity contribution is 5.66. The third-order valence-electron chi connectivity index (χ3n) is 4.75. The maximum Gasteiger partial charge on any atom is 0.302 e. The van der Waals surface area contributed by atoms with Crippen molar-refractivity contribution in [2.75, 3.05) is 6.61 Å². The smallest absolute Gasteiger partial charge is 0.302 e. The number of ether oxygens (including phenoxy) is 2. The molecule has 0 bridgehead atoms. The summed E-state index contributed by atoms with van der Waals surface area (Å²) in [6.45, 7) is 9.68. The molecule has 1 saturated carbocycles. The quantitative estimate of drug-likeness (QED) is 0.376. The first-order valence-electron chi connectivity index (χ1n) is 8.01. The molecule has 4 heteroatoms. The molecule has 2 fully saturated rings. The fourth-order valence-electron chi connectivity index (χ4n) is 3.72. The van der Waals surface area contributed by atoms with Crippen LogP contribution in [-0.2, 0) is 14.3 Å². The van der Waals surface area contributed by atoms with Crippen molar-refractivity contribution in [3.63, 3.8) is 0 Å². The Balaban J connectivity index is 2.20. The highest BCUT2D eigenvalue weighted by Gasteiger charge is 2.76. The van der Waals surface area contributed by atoms with E-state index in [0.29, 0.717) is 6.42 Å². The zero-order chi connectivity index (χ0) is 17.3. The number of epoxide rings is 1. The topological polar surface area (TPSA) is 59.1 Å². The Morgan fingerprint density at radius 1 is 1.35 bits per heavy atom. The van der Waals surface area contributed by atoms with Crippen LogP contribution in [0.25, 0.3) is 0 Å². The number of esters is 1. The third-order valence-corrected chi connectivity index (χ3v) is 4.75. The second-order valence-electron chi connectivity index (χ2n) is 7.25. The third kappa shape index (κ3) is 3.36. The maximum absolute atomic E-state index is 11.2. The van der Waals surface area contributed by atoms with Crippen molar-refractivity contribution in [3.8, 4) is 11.8 Å². The zero-order valence-corrected chi connectivity index (χ0v) is 14.6. The van der Waals surface area contributed by atoms with E-state index >= 15 is 0 Å². The summed E-state index contributed by atoms with van der Waals surface area (Å²) in [5.74, 6) is 6.25. The first-order chi connectivity index (χ1) is 10.7. The van der Waals surface area contributed by atoms with Gasteiger partial charge in [0, 0.05) is 18.8 Å². The van der Waals surface area contributed by atoms with Crippen LogP contribution in [0.3, 0.4) is 0 Å². The van der Waals surface area contributed by atoms with E-state index in [9.17, 15) is 4.79 Å². The molecular formula is C19H26O4. The van der Waals surface area contributed by atoms with Gasteiger partial charge in [-0.1, -0.05) is 43.9 Å². The summed E-state index contributed by atoms with van der Waals surface area (Å²) in [6.07, 6.45) is 6.63. The summed E-state index contributed by atoms with van der Waals surface area (Å²) < 4.78 is 11.5. The van der Waals surface area contributed by atoms with Crippen LogP contribution in [0.1, 0.15) is 47.5 Å². The number of aliphatic hydroxyl groups is 1. The molecule has 1 heterocycles. The van der Waals surface area contributed by atoms with E-state index < -0.39 is 5.60 Å². The molecule has 4 nitrogen and oxygen atoms in total. The molecule has 1 saturated heterocycles. The lowest BCUT2D eigenvalue weighted by atomic mass is 9.63. The van der Waals surface area contributed by atoms with Crippen molar-refractivity contribution < 1.29 is 19.4 Å². The van der Waals surface area contributed by atoms with E-state index in [1.807, 2.05) is 19.9 Å². The standard InChI is InChI=1S/C19H26O4/c1-14(8-6-7-11-20)9-10-19-17(3,4)12-16(22-15(2)21)13-18(19,5)23-19/h6-8,16,20H,11-13H2,1-5H3/b7-6+,14-8+/t16-,18+,19-/m0/s1. The normalized spacial score (nSPS) is 35.2. The number of aliphatic hydroxyl groups excluding tert-OH is 1. The van der Waals surface area contributed by atoms with Crippen molar-refractivity contribution in [2.24, 2.45) is 5.41 Å². The van der Waals surface area contributed by atoms with Gasteiger partial charge in [0.1, 0.15) is 11.7 Å². The molecule has 23 heavy (non-hydrogen) atoms. The van der Waals surface area contributed by atoms with Gasteiger partial charge in [-0.05, 0) is 25.8 Å². The van der Waals surface area contributed by atoms with Crippen LogP contribution >= 0.6 is 0 Å². The van der Waals surface area contributed by atoms with E-state index in [1.165, 1.54) is 6.92 Å². The van der Waals surface area contributed by atoms with Crippen molar-refractivity contribution in [2.45, 2.75) is 64.8 Å². The Labute approximate surface area is 138 Å². The molecule has 1 aliphatic heterocycles. The molecule has 126 valence electrons. The van der Waals surface area contributed by atoms with Crippen LogP contribution in [0.15, 0.2) is 23.8 Å². The lowest BCUT2D eigenvalue weighted by molar-refractivity contribution is -0.149. The Morgan fingerprint density at radius 2 is 2.04 bits per heavy atom. The Hall–Kier alpha value is -1.57. The second kappa shape index (κ2) is 6.14. The van der Waals surface area contributed by atoms with Crippen molar-refractivity contribution in [1.82, 2.24) is 0 Å². The Bertz CT molecular complexity index is 605. The molecular weight excluding hydrogens is 292 g/mol. The molecule has 0 aromatic rings. The van der Waals surface area contributed by atoms with Crippen LogP contribution in [0.5, 0.6) is 0 Å². The van der Waals surface area contributed by atoms with Gasteiger partial charge in [-0.3, -0.25) is 4.79 Å². The molecule has 1 N–H and O–H groups in total. The van der Waals surface area contributed by atoms with Gasteiger partial charge in [0.25, 0.3) is 0 Å². The predicted octanol–water partition coefficient (Wildman–Crippen LogP) is 2.76. The number of hydrogen-bond acceptors (Lipinski definition) is 4. The molecule has 2 aliphatic rings. The average molecular weight is 318 g/mol. The van der Waals surface area contributed by atoms with Crippen LogP contribution in [0.4, 0.5) is 0 Å². The summed E-state index contributed by atoms with van der Waals surface area (Å²) >= 11 is 0. The first-order valence-corrected chi connectivity index (χ1v) is 8.01. The summed E-state index contributed by atoms with van der Waals surface area (Å²) in [6, 6.07) is 0. The lowest BCUT2D eigenvalue weighted by Gasteiger charge is -2.38. The Morgan fingerprint density at radius 3 is 2.61 bits per heavy atom. The predicted molar refractivity (Wildman–Crippen MR) is 88.5 cm³/mol. The van der Waals surface area contributed by atoms with Crippen molar-refractivity contribution in [3.05, 3.63) is 23.8 Å². The average Bonchev–Trinajstić information content (AvgIpc) is 3.02. The maximum atomic E-state index is 11.2. The van der Waals surface area contributed by atoms with E-state index in [4.69, 9.17) is 14.6 Å². The summed E-state index contributed by atoms with van der Waals surface area (Å²) in [4.78, 5) is 11.2. The van der Waals surface area contributed by atoms with E-state index in [-0.39, 0.29) is 29.7 Å². The number of rotatable bonds is 3. The van der Waals surface area contributed by atoms with Crippen LogP contribution in [-0.4, -0.2) is 35.0 Å². The first kappa shape index (κ1) is 17.8. The van der Waals surface area contributed by atoms with Crippen LogP contribution in [0, 0.1) is 17.3 Å². The van der Waals surface area contributed by atoms with Crippen molar-refractivity contribution >= 4 is 5.97 Å². The monoisotopic (exact) mass is 318 g/mol. The van der Waals surface area contributed by atoms with E-state index in [0.717, 1.165) is 12.0 Å². The number of carbonyl (C=O) groups is 1. The molecule has 0 spiro atoms. The summed E-state index contributed by atoms with van der Waals surface area (Å²) in [7, 11) is 0. The highest BCUT2D eigenvalue weighted by Crippen LogP contribution is 2.65. The summed E-state index contributed by atoms with van der Waals surface area (Å²) in [5.41, 5.74) is -0.149. The second-order valence-corrected chi connectivity index (χ2v) is 7.25. The molecule has 3 atom stereocenters. The molecule has 0 radical (unpaired) electrons. The number of hydrogen-bond donors (Lipinski definition) is 1. The molecule has 2 rings (SSSR count). The van der Waals surface area contributed by atoms with Gasteiger partial charge in [0.2, 0.25) is 0 Å². The van der Waals surface area contributed by atoms with Gasteiger partial charge in [-0.25, -0.2) is 0 Å². The molecule has 0 aromatic heterocycles. The van der Waals surface area contributed by atoms with Crippen molar-refractivity contribution in [1.29, 1.82) is 0 Å². The fraction of sp³-hybridized carbons (Fsp3) is 0.632. The van der Waals surface area contributed by atoms with Gasteiger partial charge >= 0.3 is 5.97 Å². The van der Waals surface area contributed by atoms with Gasteiger partial charge in [0.05, 0.1) is 6.61 Å². The highest BCUT2D eigenvalue weighted by atomic mass is 16.6. The molecule has 0 unspecified atom stereocenters. The fourth-order valence-corrected chi connectivity index (χ4v) is 3.72. The minimum atomic E-state index is -0.494. The summed E-state index contributed by atoms with van der Waals surface area (Å²) in [5, 5.41) is 8.74. The number of carbonyl (C=O) groups excluding carboxylic acids is 1. The van der Waals surface area contributed by atoms with Gasteiger partial charge < -0.3 is 14.6 Å². The van der Waals surface area contributed by atoms with Crippen LogP contribution < -0.4 is 0 Å². The molecule has 0 aromatic carbocycles. The molecule has 1 aliphatic carbocycles. The van der Waals surface area contributed by atoms with E-state index in [2.05, 4.69) is 25.7 Å². The zero-order valence-electron chi connectivity index (χ0n) is 14.6. The number of allylic oxidation sites excluding steroid dienone is 3. The number of fused-ring (bicyclic) bond motifs is 1. The van der Waals surface area contributed by atoms with E-state index in [1.54, 1.807) is 12.2 Å². The van der Waals surface area contributed by atoms with Gasteiger partial charge in [-0.15, -0.1) is 0 Å². The minimum absolute atomic E-state index is 0.0207. The lowest BCUT2D eigenvalue weighted by Crippen LogP contribution is -2.47. The Kier molecular flexibility index (Phi) is 4.75. The largest absolute Gasteiger partial charge is 0.462 e. The van der Waals surface area contributed by atoms with Gasteiger partial charge in [-0.2, -0.15) is 0 Å². The molecule has 0 amide bonds. The van der Waals surface area contributed by atoms with Crippen LogP contribution in [0.2, 0.25) is 0 Å². The van der Waals surface area contributed by atoms with Gasteiger partial charge in [0.15, 0.2) is 5.60 Å².